The SMILES string of the molecule is CC1(C)[C@@H]2CCc3ccc(-c4cccc(-c5ccc6c(n5)[C@H]5[C@@H](CC6)C5(C)C)n4)nc3[C@@H]21. The molecule has 3 heterocycles. The molecule has 4 aliphatic carbocycles. The van der Waals surface area contributed by atoms with Crippen molar-refractivity contribution in [2.45, 2.75) is 65.2 Å². The number of aromatic nitrogens is 3. The van der Waals surface area contributed by atoms with Crippen LogP contribution in [0, 0.1) is 22.7 Å². The zero-order valence-electron chi connectivity index (χ0n) is 19.5. The van der Waals surface area contributed by atoms with Gasteiger partial charge in [-0.25, -0.2) is 4.98 Å². The van der Waals surface area contributed by atoms with Gasteiger partial charge >= 0.3 is 0 Å². The van der Waals surface area contributed by atoms with Crippen LogP contribution in [0.4, 0.5) is 0 Å². The minimum absolute atomic E-state index is 0.396. The van der Waals surface area contributed by atoms with Crippen molar-refractivity contribution >= 4 is 0 Å². The van der Waals surface area contributed by atoms with Gasteiger partial charge in [-0.2, -0.15) is 0 Å². The fourth-order valence-electron chi connectivity index (χ4n) is 7.25. The quantitative estimate of drug-likeness (QED) is 0.469. The molecule has 0 saturated heterocycles. The summed E-state index contributed by atoms with van der Waals surface area (Å²) >= 11 is 0. The number of hydrogen-bond donors (Lipinski definition) is 0. The normalized spacial score (nSPS) is 29.9. The average molecular weight is 422 g/mol. The van der Waals surface area contributed by atoms with Gasteiger partial charge < -0.3 is 0 Å². The highest BCUT2D eigenvalue weighted by atomic mass is 14.9. The highest BCUT2D eigenvalue weighted by molar-refractivity contribution is 5.63. The van der Waals surface area contributed by atoms with Crippen LogP contribution in [0.1, 0.15) is 74.9 Å². The van der Waals surface area contributed by atoms with Crippen molar-refractivity contribution in [3.8, 4) is 22.8 Å². The van der Waals surface area contributed by atoms with E-state index in [0.717, 1.165) is 47.5 Å². The van der Waals surface area contributed by atoms with Gasteiger partial charge in [-0.1, -0.05) is 45.9 Å². The molecule has 2 saturated carbocycles. The van der Waals surface area contributed by atoms with E-state index in [2.05, 4.69) is 70.2 Å². The number of nitrogens with zero attached hydrogens (tertiary/aromatic N) is 3. The molecular formula is C29H31N3. The standard InChI is InChI=1S/C29H31N3/c1-28(2)18-12-8-16-10-14-22(31-26(16)24(18)28)20-6-5-7-21(30-20)23-15-11-17-9-13-19-25(27(17)32-23)29(19,3)4/h5-7,10-11,14-15,18-19,24-25H,8-9,12-13H2,1-4H3/t18-,19-,24-,25-/m1/s1. The molecule has 7 rings (SSSR count). The maximum atomic E-state index is 5.16. The predicted molar refractivity (Wildman–Crippen MR) is 127 cm³/mol. The van der Waals surface area contributed by atoms with E-state index in [4.69, 9.17) is 15.0 Å². The average Bonchev–Trinajstić information content (AvgIpc) is 3.60. The van der Waals surface area contributed by atoms with E-state index in [9.17, 15) is 0 Å². The number of hydrogen-bond acceptors (Lipinski definition) is 3. The summed E-state index contributed by atoms with van der Waals surface area (Å²) in [6, 6.07) is 15.2. The molecule has 3 aromatic heterocycles. The Morgan fingerprint density at radius 2 is 1.03 bits per heavy atom. The Morgan fingerprint density at radius 3 is 1.50 bits per heavy atom. The van der Waals surface area contributed by atoms with Crippen LogP contribution in [0.15, 0.2) is 42.5 Å². The number of rotatable bonds is 2. The second-order valence-electron chi connectivity index (χ2n) is 11.8. The highest BCUT2D eigenvalue weighted by Crippen LogP contribution is 2.69. The third kappa shape index (κ3) is 2.51. The monoisotopic (exact) mass is 421 g/mol. The molecule has 4 aliphatic rings. The molecule has 0 aromatic carbocycles. The summed E-state index contributed by atoms with van der Waals surface area (Å²) in [6.07, 6.45) is 4.95. The number of fused-ring (bicyclic) bond motifs is 6. The van der Waals surface area contributed by atoms with Crippen LogP contribution in [0.25, 0.3) is 22.8 Å². The Bertz CT molecular complexity index is 1180. The van der Waals surface area contributed by atoms with E-state index < -0.39 is 0 Å². The topological polar surface area (TPSA) is 38.7 Å². The van der Waals surface area contributed by atoms with Crippen LogP contribution in [0.3, 0.4) is 0 Å². The van der Waals surface area contributed by atoms with E-state index in [1.54, 1.807) is 0 Å². The maximum Gasteiger partial charge on any atom is 0.0894 e. The molecule has 0 radical (unpaired) electrons. The van der Waals surface area contributed by atoms with Crippen molar-refractivity contribution in [3.05, 3.63) is 65.0 Å². The molecule has 3 heteroatoms. The smallest absolute Gasteiger partial charge is 0.0894 e. The van der Waals surface area contributed by atoms with Crippen molar-refractivity contribution in [3.63, 3.8) is 0 Å². The van der Waals surface area contributed by atoms with Crippen molar-refractivity contribution in [1.82, 2.24) is 15.0 Å². The number of pyridine rings is 3. The van der Waals surface area contributed by atoms with E-state index >= 15 is 0 Å². The lowest BCUT2D eigenvalue weighted by Gasteiger charge is -2.16. The summed E-state index contributed by atoms with van der Waals surface area (Å²) in [6.45, 7) is 9.60. The maximum absolute atomic E-state index is 5.16. The van der Waals surface area contributed by atoms with Gasteiger partial charge in [0.1, 0.15) is 0 Å². The van der Waals surface area contributed by atoms with Crippen LogP contribution >= 0.6 is 0 Å². The fraction of sp³-hybridized carbons (Fsp3) is 0.483. The first kappa shape index (κ1) is 19.0. The summed E-state index contributed by atoms with van der Waals surface area (Å²) < 4.78 is 0. The fourth-order valence-corrected chi connectivity index (χ4v) is 7.25. The van der Waals surface area contributed by atoms with Gasteiger partial charge in [0.25, 0.3) is 0 Å². The zero-order valence-corrected chi connectivity index (χ0v) is 19.5. The molecule has 3 aromatic rings. The van der Waals surface area contributed by atoms with Gasteiger partial charge in [0, 0.05) is 23.2 Å². The van der Waals surface area contributed by atoms with Crippen molar-refractivity contribution in [2.75, 3.05) is 0 Å². The molecule has 0 unspecified atom stereocenters. The van der Waals surface area contributed by atoms with Crippen molar-refractivity contribution in [2.24, 2.45) is 22.7 Å². The largest absolute Gasteiger partial charge is 0.251 e. The molecular weight excluding hydrogens is 390 g/mol. The summed E-state index contributed by atoms with van der Waals surface area (Å²) in [5, 5.41) is 0. The van der Waals surface area contributed by atoms with Gasteiger partial charge in [-0.05, 0) is 83.7 Å². The van der Waals surface area contributed by atoms with E-state index in [1.807, 2.05) is 0 Å². The predicted octanol–water partition coefficient (Wildman–Crippen LogP) is 6.58. The highest BCUT2D eigenvalue weighted by Gasteiger charge is 2.61. The third-order valence-corrected chi connectivity index (χ3v) is 9.44. The van der Waals surface area contributed by atoms with E-state index in [0.29, 0.717) is 22.7 Å². The summed E-state index contributed by atoms with van der Waals surface area (Å²) in [4.78, 5) is 15.4. The van der Waals surface area contributed by atoms with Crippen LogP contribution in [0.2, 0.25) is 0 Å². The summed E-state index contributed by atoms with van der Waals surface area (Å²) in [5.74, 6) is 2.83. The van der Waals surface area contributed by atoms with Gasteiger partial charge in [0.05, 0.1) is 22.8 Å². The van der Waals surface area contributed by atoms with Crippen molar-refractivity contribution in [1.29, 1.82) is 0 Å². The minimum Gasteiger partial charge on any atom is -0.251 e. The zero-order chi connectivity index (χ0) is 21.8. The molecule has 0 amide bonds. The third-order valence-electron chi connectivity index (χ3n) is 9.44. The molecule has 0 aliphatic heterocycles. The molecule has 3 nitrogen and oxygen atoms in total. The summed E-state index contributed by atoms with van der Waals surface area (Å²) in [5.41, 5.74) is 10.2. The van der Waals surface area contributed by atoms with Crippen LogP contribution in [-0.2, 0) is 12.8 Å². The first-order valence-corrected chi connectivity index (χ1v) is 12.3. The van der Waals surface area contributed by atoms with Gasteiger partial charge in [-0.15, -0.1) is 0 Å². The first-order chi connectivity index (χ1) is 15.4. The Hall–Kier alpha value is -2.55. The summed E-state index contributed by atoms with van der Waals surface area (Å²) in [7, 11) is 0. The van der Waals surface area contributed by atoms with Gasteiger partial charge in [-0.3, -0.25) is 9.97 Å². The van der Waals surface area contributed by atoms with Crippen molar-refractivity contribution < 1.29 is 0 Å². The van der Waals surface area contributed by atoms with E-state index in [1.165, 1.54) is 35.4 Å². The van der Waals surface area contributed by atoms with Crippen LogP contribution < -0.4 is 0 Å². The van der Waals surface area contributed by atoms with Crippen LogP contribution in [-0.4, -0.2) is 15.0 Å². The lowest BCUT2D eigenvalue weighted by Crippen LogP contribution is -2.06. The first-order valence-electron chi connectivity index (χ1n) is 12.3. The number of aryl methyl sites for hydroxylation is 2. The lowest BCUT2D eigenvalue weighted by atomic mass is 9.95. The molecule has 4 atom stereocenters. The molecule has 0 spiro atoms. The molecule has 2 fully saturated rings. The Labute approximate surface area is 190 Å². The molecule has 32 heavy (non-hydrogen) atoms. The Morgan fingerprint density at radius 1 is 0.594 bits per heavy atom. The molecule has 162 valence electrons. The van der Waals surface area contributed by atoms with Gasteiger partial charge in [0.2, 0.25) is 0 Å². The Balaban J connectivity index is 1.26. The second kappa shape index (κ2) is 6.07. The van der Waals surface area contributed by atoms with Crippen LogP contribution in [0.5, 0.6) is 0 Å². The van der Waals surface area contributed by atoms with E-state index in [-0.39, 0.29) is 0 Å². The minimum atomic E-state index is 0.396. The Kier molecular flexibility index (Phi) is 3.60. The molecule has 0 bridgehead atoms. The second-order valence-corrected chi connectivity index (χ2v) is 11.8. The van der Waals surface area contributed by atoms with Gasteiger partial charge in [0.15, 0.2) is 0 Å². The lowest BCUT2D eigenvalue weighted by molar-refractivity contribution is 0.535. The molecule has 0 N–H and O–H groups in total.